The zero-order valence-electron chi connectivity index (χ0n) is 9.47. The summed E-state index contributed by atoms with van der Waals surface area (Å²) in [5.41, 5.74) is -3.45. The van der Waals surface area contributed by atoms with Crippen molar-refractivity contribution in [1.29, 1.82) is 0 Å². The number of aliphatic hydroxyl groups is 1. The molecule has 0 fully saturated rings. The molecule has 1 aromatic rings. The van der Waals surface area contributed by atoms with Gasteiger partial charge in [0.05, 0.1) is 16.7 Å². The lowest BCUT2D eigenvalue weighted by Crippen LogP contribution is -2.32. The molecule has 1 heterocycles. The van der Waals surface area contributed by atoms with Gasteiger partial charge in [-0.15, -0.1) is 0 Å². The maximum absolute atomic E-state index is 11.3. The monoisotopic (exact) mass is 243 g/mol. The number of H-pyrrole nitrogens is 1. The van der Waals surface area contributed by atoms with Crippen LogP contribution in [0.15, 0.2) is 15.8 Å². The SMILES string of the molecule is CC(C)(O)CCn1cc([N+](=O)[O-])c(=O)[nH]c1=O. The van der Waals surface area contributed by atoms with Crippen molar-refractivity contribution in [2.75, 3.05) is 0 Å². The molecule has 8 heteroatoms. The molecule has 17 heavy (non-hydrogen) atoms. The molecule has 0 aromatic carbocycles. The molecule has 0 saturated carbocycles. The molecule has 0 unspecified atom stereocenters. The normalized spacial score (nSPS) is 11.5. The van der Waals surface area contributed by atoms with Crippen LogP contribution in [-0.4, -0.2) is 25.2 Å². The van der Waals surface area contributed by atoms with Gasteiger partial charge < -0.3 is 5.11 Å². The Hall–Kier alpha value is -1.96. The molecule has 0 spiro atoms. The van der Waals surface area contributed by atoms with Gasteiger partial charge in [0.15, 0.2) is 0 Å². The van der Waals surface area contributed by atoms with Crippen molar-refractivity contribution in [3.8, 4) is 0 Å². The molecule has 0 bridgehead atoms. The molecule has 1 aromatic heterocycles. The fourth-order valence-electron chi connectivity index (χ4n) is 1.19. The standard InChI is InChI=1S/C9H13N3O5/c1-9(2,15)3-4-11-5-6(12(16)17)7(13)10-8(11)14/h5,15H,3-4H2,1-2H3,(H,10,13,14). The third-order valence-corrected chi connectivity index (χ3v) is 2.15. The van der Waals surface area contributed by atoms with Crippen LogP contribution >= 0.6 is 0 Å². The summed E-state index contributed by atoms with van der Waals surface area (Å²) in [6, 6.07) is 0. The maximum Gasteiger partial charge on any atom is 0.350 e. The van der Waals surface area contributed by atoms with E-state index in [2.05, 4.69) is 0 Å². The minimum Gasteiger partial charge on any atom is -0.390 e. The van der Waals surface area contributed by atoms with Crippen molar-refractivity contribution in [1.82, 2.24) is 9.55 Å². The zero-order valence-corrected chi connectivity index (χ0v) is 9.47. The lowest BCUT2D eigenvalue weighted by molar-refractivity contribution is -0.386. The molecule has 0 aliphatic heterocycles. The molecule has 1 rings (SSSR count). The van der Waals surface area contributed by atoms with Gasteiger partial charge in [-0.25, -0.2) is 4.79 Å². The Morgan fingerprint density at radius 2 is 2.12 bits per heavy atom. The molecule has 0 saturated heterocycles. The van der Waals surface area contributed by atoms with Crippen LogP contribution in [0.25, 0.3) is 0 Å². The van der Waals surface area contributed by atoms with E-state index >= 15 is 0 Å². The highest BCUT2D eigenvalue weighted by molar-refractivity contribution is 5.20. The number of nitrogens with one attached hydrogen (secondary N) is 1. The van der Waals surface area contributed by atoms with Crippen molar-refractivity contribution < 1.29 is 10.0 Å². The maximum atomic E-state index is 11.3. The second kappa shape index (κ2) is 4.50. The first-order valence-electron chi connectivity index (χ1n) is 4.91. The number of aryl methyl sites for hydroxylation is 1. The van der Waals surface area contributed by atoms with Gasteiger partial charge in [-0.2, -0.15) is 0 Å². The fraction of sp³-hybridized carbons (Fsp3) is 0.556. The number of rotatable bonds is 4. The fourth-order valence-corrected chi connectivity index (χ4v) is 1.19. The summed E-state index contributed by atoms with van der Waals surface area (Å²) in [5.74, 6) is 0. The average molecular weight is 243 g/mol. The van der Waals surface area contributed by atoms with E-state index in [0.717, 1.165) is 10.8 Å². The number of aromatic amines is 1. The lowest BCUT2D eigenvalue weighted by Gasteiger charge is -2.16. The van der Waals surface area contributed by atoms with E-state index in [-0.39, 0.29) is 13.0 Å². The van der Waals surface area contributed by atoms with E-state index in [1.165, 1.54) is 0 Å². The van der Waals surface area contributed by atoms with E-state index < -0.39 is 27.5 Å². The Labute approximate surface area is 95.7 Å². The van der Waals surface area contributed by atoms with Gasteiger partial charge in [-0.05, 0) is 20.3 Å². The molecule has 0 radical (unpaired) electrons. The van der Waals surface area contributed by atoms with Gasteiger partial charge >= 0.3 is 16.9 Å². The molecule has 8 nitrogen and oxygen atoms in total. The van der Waals surface area contributed by atoms with Crippen molar-refractivity contribution in [2.24, 2.45) is 0 Å². The Morgan fingerprint density at radius 1 is 1.53 bits per heavy atom. The molecule has 2 N–H and O–H groups in total. The van der Waals surface area contributed by atoms with Crippen LogP contribution in [0.4, 0.5) is 5.69 Å². The highest BCUT2D eigenvalue weighted by Crippen LogP contribution is 2.08. The lowest BCUT2D eigenvalue weighted by atomic mass is 10.1. The van der Waals surface area contributed by atoms with Gasteiger partial charge in [0.1, 0.15) is 0 Å². The highest BCUT2D eigenvalue weighted by atomic mass is 16.6. The van der Waals surface area contributed by atoms with Crippen LogP contribution in [0, 0.1) is 10.1 Å². The van der Waals surface area contributed by atoms with E-state index in [9.17, 15) is 24.8 Å². The molecule has 0 atom stereocenters. The van der Waals surface area contributed by atoms with Crippen LogP contribution in [0.5, 0.6) is 0 Å². The smallest absolute Gasteiger partial charge is 0.350 e. The van der Waals surface area contributed by atoms with Gasteiger partial charge in [0, 0.05) is 6.54 Å². The van der Waals surface area contributed by atoms with E-state index in [0.29, 0.717) is 0 Å². The molecule has 0 aliphatic rings. The van der Waals surface area contributed by atoms with Crippen LogP contribution in [0.2, 0.25) is 0 Å². The highest BCUT2D eigenvalue weighted by Gasteiger charge is 2.17. The first-order valence-corrected chi connectivity index (χ1v) is 4.91. The molecule has 94 valence electrons. The Bertz CT molecular complexity index is 537. The van der Waals surface area contributed by atoms with Crippen molar-refractivity contribution >= 4 is 5.69 Å². The largest absolute Gasteiger partial charge is 0.390 e. The summed E-state index contributed by atoms with van der Waals surface area (Å²) >= 11 is 0. The molecule has 0 aliphatic carbocycles. The third kappa shape index (κ3) is 3.52. The van der Waals surface area contributed by atoms with Gasteiger partial charge in [0.2, 0.25) is 0 Å². The van der Waals surface area contributed by atoms with Crippen molar-refractivity contribution in [3.63, 3.8) is 0 Å². The minimum absolute atomic E-state index is 0.0833. The minimum atomic E-state index is -1.03. The van der Waals surface area contributed by atoms with E-state index in [1.54, 1.807) is 13.8 Å². The number of nitro groups is 1. The second-order valence-corrected chi connectivity index (χ2v) is 4.29. The Balaban J connectivity index is 3.09. The molecular formula is C9H13N3O5. The summed E-state index contributed by atoms with van der Waals surface area (Å²) < 4.78 is 0.998. The Kier molecular flexibility index (Phi) is 3.47. The Morgan fingerprint density at radius 3 is 2.59 bits per heavy atom. The van der Waals surface area contributed by atoms with Gasteiger partial charge in [-0.1, -0.05) is 0 Å². The second-order valence-electron chi connectivity index (χ2n) is 4.29. The van der Waals surface area contributed by atoms with Crippen LogP contribution in [0.3, 0.4) is 0 Å². The van der Waals surface area contributed by atoms with Crippen molar-refractivity contribution in [2.45, 2.75) is 32.4 Å². The number of hydrogen-bond acceptors (Lipinski definition) is 5. The van der Waals surface area contributed by atoms with Crippen LogP contribution in [0.1, 0.15) is 20.3 Å². The third-order valence-electron chi connectivity index (χ3n) is 2.15. The first kappa shape index (κ1) is 13.1. The van der Waals surface area contributed by atoms with Crippen LogP contribution < -0.4 is 11.2 Å². The summed E-state index contributed by atoms with van der Waals surface area (Å²) in [5, 5.41) is 20.0. The van der Waals surface area contributed by atoms with Gasteiger partial charge in [-0.3, -0.25) is 24.5 Å². The van der Waals surface area contributed by atoms with E-state index in [1.807, 2.05) is 4.98 Å². The van der Waals surface area contributed by atoms with Gasteiger partial charge in [0.25, 0.3) is 0 Å². The quantitative estimate of drug-likeness (QED) is 0.551. The predicted molar refractivity (Wildman–Crippen MR) is 58.9 cm³/mol. The topological polar surface area (TPSA) is 118 Å². The summed E-state index contributed by atoms with van der Waals surface area (Å²) in [7, 11) is 0. The summed E-state index contributed by atoms with van der Waals surface area (Å²) in [4.78, 5) is 33.9. The summed E-state index contributed by atoms with van der Waals surface area (Å²) in [6.45, 7) is 3.19. The number of hydrogen-bond donors (Lipinski definition) is 2. The zero-order chi connectivity index (χ0) is 13.2. The average Bonchev–Trinajstić information content (AvgIpc) is 2.14. The summed E-state index contributed by atoms with van der Waals surface area (Å²) in [6.07, 6.45) is 1.11. The molecule has 0 amide bonds. The van der Waals surface area contributed by atoms with Crippen molar-refractivity contribution in [3.05, 3.63) is 37.1 Å². The number of aromatic nitrogens is 2. The predicted octanol–water partition coefficient (Wildman–Crippen LogP) is -0.394. The first-order chi connectivity index (χ1) is 7.70. The van der Waals surface area contributed by atoms with Crippen LogP contribution in [-0.2, 0) is 6.54 Å². The van der Waals surface area contributed by atoms with E-state index in [4.69, 9.17) is 0 Å². The molecular weight excluding hydrogens is 230 g/mol. The number of nitrogens with zero attached hydrogens (tertiary/aromatic N) is 2.